The summed E-state index contributed by atoms with van der Waals surface area (Å²) in [5, 5.41) is 9.81. The summed E-state index contributed by atoms with van der Waals surface area (Å²) in [6, 6.07) is 18.9. The summed E-state index contributed by atoms with van der Waals surface area (Å²) in [5.41, 5.74) is 2.42. The normalized spacial score (nSPS) is 10.5. The number of fused-ring (bicyclic) bond motifs is 1. The molecule has 0 fully saturated rings. The van der Waals surface area contributed by atoms with Gasteiger partial charge in [0.1, 0.15) is 5.58 Å². The number of nitriles is 1. The second-order valence-corrected chi connectivity index (χ2v) is 5.86. The van der Waals surface area contributed by atoms with E-state index in [1.165, 1.54) is 11.8 Å². The molecule has 108 valence electrons. The molecule has 0 amide bonds. The maximum atomic E-state index is 12.2. The number of rotatable bonds is 5. The molecule has 0 unspecified atom stereocenters. The standard InChI is InChI=1S/C18H13NO2S/c19-10-13-4-3-5-14(8-13)11-22-12-16(20)18-9-15-6-1-2-7-17(15)21-18/h1-9H,11-12H2. The van der Waals surface area contributed by atoms with Crippen molar-refractivity contribution in [3.63, 3.8) is 0 Å². The van der Waals surface area contributed by atoms with Gasteiger partial charge in [0.2, 0.25) is 5.78 Å². The lowest BCUT2D eigenvalue weighted by atomic mass is 10.2. The van der Waals surface area contributed by atoms with E-state index in [1.54, 1.807) is 12.1 Å². The van der Waals surface area contributed by atoms with Crippen molar-refractivity contribution in [2.24, 2.45) is 0 Å². The molecule has 3 aromatic rings. The van der Waals surface area contributed by atoms with Gasteiger partial charge in [-0.3, -0.25) is 4.79 Å². The first kappa shape index (κ1) is 14.4. The minimum Gasteiger partial charge on any atom is -0.453 e. The Hall–Kier alpha value is -2.51. The Balaban J connectivity index is 1.61. The van der Waals surface area contributed by atoms with Crippen molar-refractivity contribution >= 4 is 28.5 Å². The molecule has 3 rings (SSSR count). The van der Waals surface area contributed by atoms with Crippen LogP contribution in [0.15, 0.2) is 59.0 Å². The van der Waals surface area contributed by atoms with Crippen LogP contribution in [0.5, 0.6) is 0 Å². The molecular weight excluding hydrogens is 294 g/mol. The highest BCUT2D eigenvalue weighted by Gasteiger charge is 2.12. The third kappa shape index (κ3) is 3.21. The summed E-state index contributed by atoms with van der Waals surface area (Å²) >= 11 is 1.52. The Morgan fingerprint density at radius 1 is 1.14 bits per heavy atom. The molecule has 0 spiro atoms. The topological polar surface area (TPSA) is 54.0 Å². The first-order chi connectivity index (χ1) is 10.8. The summed E-state index contributed by atoms with van der Waals surface area (Å²) in [6.45, 7) is 0. The van der Waals surface area contributed by atoms with Crippen LogP contribution in [0.1, 0.15) is 21.7 Å². The average molecular weight is 307 g/mol. The summed E-state index contributed by atoms with van der Waals surface area (Å²) in [4.78, 5) is 12.2. The van der Waals surface area contributed by atoms with Gasteiger partial charge < -0.3 is 4.42 Å². The zero-order chi connectivity index (χ0) is 15.4. The molecule has 3 nitrogen and oxygen atoms in total. The van der Waals surface area contributed by atoms with E-state index in [0.29, 0.717) is 22.8 Å². The molecule has 22 heavy (non-hydrogen) atoms. The van der Waals surface area contributed by atoms with E-state index in [9.17, 15) is 4.79 Å². The van der Waals surface area contributed by atoms with Crippen LogP contribution >= 0.6 is 11.8 Å². The van der Waals surface area contributed by atoms with Crippen molar-refractivity contribution in [1.82, 2.24) is 0 Å². The Bertz CT molecular complexity index is 828. The van der Waals surface area contributed by atoms with Gasteiger partial charge >= 0.3 is 0 Å². The fourth-order valence-corrected chi connectivity index (χ4v) is 3.03. The Morgan fingerprint density at radius 2 is 2.00 bits per heavy atom. The van der Waals surface area contributed by atoms with E-state index in [1.807, 2.05) is 42.5 Å². The molecule has 0 saturated heterocycles. The lowest BCUT2D eigenvalue weighted by molar-refractivity contribution is 0.0994. The minimum absolute atomic E-state index is 0.0161. The van der Waals surface area contributed by atoms with Gasteiger partial charge in [-0.05, 0) is 29.8 Å². The molecular formula is C18H13NO2S. The fraction of sp³-hybridized carbons (Fsp3) is 0.111. The number of hydrogen-bond donors (Lipinski definition) is 0. The molecule has 2 aromatic carbocycles. The molecule has 0 bridgehead atoms. The number of hydrogen-bond acceptors (Lipinski definition) is 4. The number of ketones is 1. The maximum absolute atomic E-state index is 12.2. The Kier molecular flexibility index (Phi) is 4.27. The van der Waals surface area contributed by atoms with Crippen molar-refractivity contribution < 1.29 is 9.21 Å². The van der Waals surface area contributed by atoms with Gasteiger partial charge in [0, 0.05) is 11.1 Å². The Morgan fingerprint density at radius 3 is 2.82 bits per heavy atom. The smallest absolute Gasteiger partial charge is 0.207 e. The average Bonchev–Trinajstić information content (AvgIpc) is 2.99. The van der Waals surface area contributed by atoms with E-state index in [2.05, 4.69) is 6.07 Å². The van der Waals surface area contributed by atoms with Crippen LogP contribution in [0.2, 0.25) is 0 Å². The van der Waals surface area contributed by atoms with Gasteiger partial charge in [-0.15, -0.1) is 11.8 Å². The van der Waals surface area contributed by atoms with E-state index in [4.69, 9.17) is 9.68 Å². The number of benzene rings is 2. The predicted octanol–water partition coefficient (Wildman–Crippen LogP) is 4.42. The Labute approximate surface area is 132 Å². The molecule has 1 heterocycles. The summed E-state index contributed by atoms with van der Waals surface area (Å²) < 4.78 is 5.56. The van der Waals surface area contributed by atoms with Gasteiger partial charge in [-0.2, -0.15) is 5.26 Å². The monoisotopic (exact) mass is 307 g/mol. The highest BCUT2D eigenvalue weighted by atomic mass is 32.2. The van der Waals surface area contributed by atoms with Crippen LogP contribution in [0.4, 0.5) is 0 Å². The third-order valence-electron chi connectivity index (χ3n) is 3.26. The first-order valence-electron chi connectivity index (χ1n) is 6.85. The van der Waals surface area contributed by atoms with Crippen LogP contribution in [0, 0.1) is 11.3 Å². The molecule has 0 N–H and O–H groups in total. The molecule has 0 saturated carbocycles. The fourth-order valence-electron chi connectivity index (χ4n) is 2.18. The molecule has 0 atom stereocenters. The highest BCUT2D eigenvalue weighted by Crippen LogP contribution is 2.21. The van der Waals surface area contributed by atoms with E-state index < -0.39 is 0 Å². The number of thioether (sulfide) groups is 1. The van der Waals surface area contributed by atoms with Crippen LogP contribution < -0.4 is 0 Å². The van der Waals surface area contributed by atoms with Gasteiger partial charge in [-0.1, -0.05) is 30.3 Å². The summed E-state index contributed by atoms with van der Waals surface area (Å²) in [6.07, 6.45) is 0. The van der Waals surface area contributed by atoms with E-state index in [-0.39, 0.29) is 5.78 Å². The molecule has 1 aromatic heterocycles. The zero-order valence-corrected chi connectivity index (χ0v) is 12.6. The summed E-state index contributed by atoms with van der Waals surface area (Å²) in [7, 11) is 0. The van der Waals surface area contributed by atoms with Gasteiger partial charge in [-0.25, -0.2) is 0 Å². The lowest BCUT2D eigenvalue weighted by Gasteiger charge is -2.01. The SMILES string of the molecule is N#Cc1cccc(CSCC(=O)c2cc3ccccc3o2)c1. The number of furan rings is 1. The van der Waals surface area contributed by atoms with Crippen LogP contribution in [0.25, 0.3) is 11.0 Å². The van der Waals surface area contributed by atoms with Crippen LogP contribution in [-0.4, -0.2) is 11.5 Å². The third-order valence-corrected chi connectivity index (χ3v) is 4.26. The van der Waals surface area contributed by atoms with Crippen molar-refractivity contribution in [3.05, 3.63) is 71.5 Å². The second kappa shape index (κ2) is 6.50. The molecule has 0 aliphatic rings. The van der Waals surface area contributed by atoms with Crippen LogP contribution in [-0.2, 0) is 5.75 Å². The van der Waals surface area contributed by atoms with E-state index in [0.717, 1.165) is 16.5 Å². The summed E-state index contributed by atoms with van der Waals surface area (Å²) in [5.74, 6) is 1.44. The van der Waals surface area contributed by atoms with Gasteiger partial charge in [0.25, 0.3) is 0 Å². The van der Waals surface area contributed by atoms with E-state index >= 15 is 0 Å². The van der Waals surface area contributed by atoms with Crippen molar-refractivity contribution in [1.29, 1.82) is 5.26 Å². The van der Waals surface area contributed by atoms with Gasteiger partial charge in [0.05, 0.1) is 17.4 Å². The number of carbonyl (C=O) groups is 1. The number of carbonyl (C=O) groups excluding carboxylic acids is 1. The number of para-hydroxylation sites is 1. The molecule has 0 radical (unpaired) electrons. The quantitative estimate of drug-likeness (QED) is 0.655. The second-order valence-electron chi connectivity index (χ2n) is 4.88. The van der Waals surface area contributed by atoms with Crippen molar-refractivity contribution in [2.45, 2.75) is 5.75 Å². The molecule has 0 aliphatic heterocycles. The first-order valence-corrected chi connectivity index (χ1v) is 8.00. The van der Waals surface area contributed by atoms with Crippen molar-refractivity contribution in [3.8, 4) is 6.07 Å². The molecule has 0 aliphatic carbocycles. The zero-order valence-electron chi connectivity index (χ0n) is 11.8. The number of Topliss-reactive ketones (excluding diaryl/α,β-unsaturated/α-hetero) is 1. The highest BCUT2D eigenvalue weighted by molar-refractivity contribution is 7.99. The van der Waals surface area contributed by atoms with Gasteiger partial charge in [0.15, 0.2) is 5.76 Å². The number of nitrogens with zero attached hydrogens (tertiary/aromatic N) is 1. The predicted molar refractivity (Wildman–Crippen MR) is 87.9 cm³/mol. The largest absolute Gasteiger partial charge is 0.453 e. The van der Waals surface area contributed by atoms with Crippen molar-refractivity contribution in [2.75, 3.05) is 5.75 Å². The lowest BCUT2D eigenvalue weighted by Crippen LogP contribution is -2.00. The maximum Gasteiger partial charge on any atom is 0.207 e. The molecule has 4 heteroatoms. The minimum atomic E-state index is -0.0161. The van der Waals surface area contributed by atoms with Crippen LogP contribution in [0.3, 0.4) is 0 Å².